The van der Waals surface area contributed by atoms with Crippen molar-refractivity contribution < 1.29 is 17.7 Å². The quantitative estimate of drug-likeness (QED) is 0.135. The Labute approximate surface area is 193 Å². The summed E-state index contributed by atoms with van der Waals surface area (Å²) in [7, 11) is 0. The van der Waals surface area contributed by atoms with Crippen molar-refractivity contribution >= 4 is 27.2 Å². The number of rotatable bonds is 20. The Morgan fingerprint density at radius 3 is 1.70 bits per heavy atom. The molecule has 0 radical (unpaired) electrons. The highest BCUT2D eigenvalue weighted by atomic mass is 127. The van der Waals surface area contributed by atoms with Crippen LogP contribution in [0.1, 0.15) is 120 Å². The second-order valence-electron chi connectivity index (χ2n) is 8.15. The summed E-state index contributed by atoms with van der Waals surface area (Å²) >= 11 is -1.57. The number of carboxylic acids is 1. The number of unbranched alkanes of at least 4 members (excludes halogenated alkanes) is 15. The average Bonchev–Trinajstić information content (AvgIpc) is 2.75. The van der Waals surface area contributed by atoms with Crippen LogP contribution < -0.4 is 4.74 Å². The van der Waals surface area contributed by atoms with Crippen LogP contribution in [0.15, 0.2) is 18.2 Å². The summed E-state index contributed by atoms with van der Waals surface area (Å²) in [6, 6.07) is 4.85. The van der Waals surface area contributed by atoms with Gasteiger partial charge in [0.25, 0.3) is 0 Å². The predicted octanol–water partition coefficient (Wildman–Crippen LogP) is 8.51. The highest BCUT2D eigenvalue weighted by Gasteiger charge is 2.15. The summed E-state index contributed by atoms with van der Waals surface area (Å²) in [5.74, 6) is -0.577. The summed E-state index contributed by atoms with van der Waals surface area (Å²) < 4.78 is 17.5. The molecule has 5 heteroatoms. The van der Waals surface area contributed by atoms with E-state index < -0.39 is 27.2 Å². The van der Waals surface area contributed by atoms with Gasteiger partial charge in [-0.25, -0.2) is 4.79 Å². The Morgan fingerprint density at radius 2 is 1.27 bits per heavy atom. The minimum Gasteiger partial charge on any atom is -0.492 e. The lowest BCUT2D eigenvalue weighted by Gasteiger charge is -2.09. The molecule has 1 aromatic carbocycles. The number of carboxylic acid groups (broad SMARTS) is 1. The van der Waals surface area contributed by atoms with Crippen molar-refractivity contribution in [2.24, 2.45) is 0 Å². The molecule has 0 fully saturated rings. The minimum atomic E-state index is -1.57. The zero-order chi connectivity index (χ0) is 21.9. The molecule has 0 aliphatic rings. The van der Waals surface area contributed by atoms with Gasteiger partial charge in [0.15, 0.2) is 21.2 Å². The first-order chi connectivity index (χ1) is 14.7. The Kier molecular flexibility index (Phi) is 16.9. The van der Waals surface area contributed by atoms with E-state index in [2.05, 4.69) is 6.92 Å². The van der Waals surface area contributed by atoms with Crippen molar-refractivity contribution in [3.63, 3.8) is 0 Å². The Hall–Kier alpha value is -0.980. The predicted molar refractivity (Wildman–Crippen MR) is 132 cm³/mol. The molecule has 0 amide bonds. The van der Waals surface area contributed by atoms with E-state index >= 15 is 0 Å². The number of aromatic carboxylic acids is 1. The molecule has 0 bridgehead atoms. The molecule has 1 rings (SSSR count). The number of benzene rings is 1. The summed E-state index contributed by atoms with van der Waals surface area (Å²) in [6.45, 7) is 2.82. The van der Waals surface area contributed by atoms with Crippen LogP contribution in [-0.2, 0) is 3.07 Å². The van der Waals surface area contributed by atoms with Crippen molar-refractivity contribution in [2.45, 2.75) is 110 Å². The zero-order valence-corrected chi connectivity index (χ0v) is 21.0. The highest BCUT2D eigenvalue weighted by molar-refractivity contribution is 14.1. The van der Waals surface area contributed by atoms with Gasteiger partial charge < -0.3 is 9.84 Å². The van der Waals surface area contributed by atoms with Gasteiger partial charge in [-0.05, 0) is 18.6 Å². The second-order valence-corrected chi connectivity index (χ2v) is 9.67. The maximum Gasteiger partial charge on any atom is 0.337 e. The van der Waals surface area contributed by atoms with Gasteiger partial charge in [0.05, 0.1) is 12.2 Å². The third-order valence-corrected chi connectivity index (χ3v) is 7.08. The maximum atomic E-state index is 11.4. The van der Waals surface area contributed by atoms with Crippen LogP contribution in [0.4, 0.5) is 0 Å². The first-order valence-electron chi connectivity index (χ1n) is 12.0. The summed E-state index contributed by atoms with van der Waals surface area (Å²) in [4.78, 5) is 11.2. The molecule has 1 N–H and O–H groups in total. The van der Waals surface area contributed by atoms with Crippen LogP contribution in [-0.4, -0.2) is 17.7 Å². The molecule has 0 saturated heterocycles. The monoisotopic (exact) mass is 532 g/mol. The largest absolute Gasteiger partial charge is 0.492 e. The second kappa shape index (κ2) is 18.8. The molecule has 0 unspecified atom stereocenters. The highest BCUT2D eigenvalue weighted by Crippen LogP contribution is 2.27. The molecular weight excluding hydrogens is 491 g/mol. The number of halogens is 1. The lowest BCUT2D eigenvalue weighted by molar-refractivity contribution is 0.0695. The Morgan fingerprint density at radius 1 is 0.800 bits per heavy atom. The third kappa shape index (κ3) is 12.7. The van der Waals surface area contributed by atoms with Crippen LogP contribution in [0.25, 0.3) is 0 Å². The van der Waals surface area contributed by atoms with E-state index in [1.165, 1.54) is 96.0 Å². The van der Waals surface area contributed by atoms with Crippen LogP contribution in [0.5, 0.6) is 5.75 Å². The molecule has 0 spiro atoms. The molecule has 0 aromatic heterocycles. The van der Waals surface area contributed by atoms with E-state index in [-0.39, 0.29) is 5.56 Å². The van der Waals surface area contributed by atoms with Crippen molar-refractivity contribution in [1.29, 1.82) is 0 Å². The van der Waals surface area contributed by atoms with Gasteiger partial charge in [0, 0.05) is 0 Å². The standard InChI is InChI=1S/C25H41IO4/c1-2-3-4-5-6-7-8-9-10-11-12-13-14-15-16-17-21-30-23-20-18-19-22(25(27)28)24(23)26-29/h18-20H,2-17,21H2,1H3,(H,27,28). The fourth-order valence-electron chi connectivity index (χ4n) is 3.70. The van der Waals surface area contributed by atoms with E-state index in [1.54, 1.807) is 12.1 Å². The smallest absolute Gasteiger partial charge is 0.337 e. The molecule has 30 heavy (non-hydrogen) atoms. The van der Waals surface area contributed by atoms with Gasteiger partial charge in [-0.3, -0.25) is 3.07 Å². The van der Waals surface area contributed by atoms with Crippen molar-refractivity contribution in [3.8, 4) is 5.75 Å². The molecule has 172 valence electrons. The molecule has 0 heterocycles. The average molecular weight is 533 g/mol. The molecule has 0 aliphatic carbocycles. The van der Waals surface area contributed by atoms with E-state index in [0.717, 1.165) is 12.8 Å². The van der Waals surface area contributed by atoms with Crippen molar-refractivity contribution in [3.05, 3.63) is 27.3 Å². The summed E-state index contributed by atoms with van der Waals surface area (Å²) in [6.07, 6.45) is 21.3. The Balaban J connectivity index is 1.93. The van der Waals surface area contributed by atoms with Gasteiger partial charge >= 0.3 is 5.97 Å². The van der Waals surface area contributed by atoms with Crippen LogP contribution in [0, 0.1) is 3.57 Å². The first-order valence-corrected chi connectivity index (χ1v) is 13.9. The van der Waals surface area contributed by atoms with E-state index in [1.807, 2.05) is 0 Å². The minimum absolute atomic E-state index is 0.0993. The molecular formula is C25H41IO4. The molecule has 4 nitrogen and oxygen atoms in total. The third-order valence-electron chi connectivity index (χ3n) is 5.53. The van der Waals surface area contributed by atoms with Gasteiger partial charge in [0.1, 0.15) is 9.32 Å². The van der Waals surface area contributed by atoms with Crippen molar-refractivity contribution in [1.82, 2.24) is 0 Å². The molecule has 0 aliphatic heterocycles. The molecule has 0 atom stereocenters. The molecule has 1 aromatic rings. The van der Waals surface area contributed by atoms with Gasteiger partial charge in [-0.2, -0.15) is 0 Å². The maximum absolute atomic E-state index is 11.4. The van der Waals surface area contributed by atoms with Crippen LogP contribution >= 0.6 is 21.2 Å². The van der Waals surface area contributed by atoms with Gasteiger partial charge in [0.2, 0.25) is 0 Å². The fourth-order valence-corrected chi connectivity index (χ4v) is 4.90. The van der Waals surface area contributed by atoms with E-state index in [9.17, 15) is 7.86 Å². The topological polar surface area (TPSA) is 63.6 Å². The Bertz CT molecular complexity index is 589. The van der Waals surface area contributed by atoms with Crippen LogP contribution in [0.2, 0.25) is 0 Å². The number of ether oxygens (including phenoxy) is 1. The number of hydrogen-bond donors (Lipinski definition) is 1. The van der Waals surface area contributed by atoms with Gasteiger partial charge in [-0.15, -0.1) is 0 Å². The van der Waals surface area contributed by atoms with E-state index in [0.29, 0.717) is 15.9 Å². The summed E-state index contributed by atoms with van der Waals surface area (Å²) in [5.41, 5.74) is 0.0993. The van der Waals surface area contributed by atoms with Crippen LogP contribution in [0.3, 0.4) is 0 Å². The SMILES string of the molecule is CCCCCCCCCCCCCCCCCCOc1cccc(C(=O)O)c1I=O. The summed E-state index contributed by atoms with van der Waals surface area (Å²) in [5, 5.41) is 9.16. The molecule has 0 saturated carbocycles. The lowest BCUT2D eigenvalue weighted by atomic mass is 10.0. The number of hydrogen-bond acceptors (Lipinski definition) is 3. The van der Waals surface area contributed by atoms with Gasteiger partial charge in [-0.1, -0.05) is 109 Å². The fraction of sp³-hybridized carbons (Fsp3) is 0.720. The zero-order valence-electron chi connectivity index (χ0n) is 18.8. The lowest BCUT2D eigenvalue weighted by Crippen LogP contribution is -2.04. The number of carbonyl (C=O) groups is 1. The first kappa shape index (κ1) is 27.1. The van der Waals surface area contributed by atoms with Crippen molar-refractivity contribution in [2.75, 3.05) is 6.61 Å². The van der Waals surface area contributed by atoms with E-state index in [4.69, 9.17) is 9.84 Å². The normalized spacial score (nSPS) is 11.0.